The zero-order valence-electron chi connectivity index (χ0n) is 19.2. The highest BCUT2D eigenvalue weighted by Crippen LogP contribution is 2.26. The van der Waals surface area contributed by atoms with Crippen molar-refractivity contribution >= 4 is 34.8 Å². The zero-order valence-corrected chi connectivity index (χ0v) is 20.0. The maximum atomic E-state index is 11.8. The van der Waals surface area contributed by atoms with Gasteiger partial charge in [0.2, 0.25) is 5.91 Å². The van der Waals surface area contributed by atoms with Crippen molar-refractivity contribution < 1.29 is 14.3 Å². The van der Waals surface area contributed by atoms with E-state index in [-0.39, 0.29) is 12.5 Å². The van der Waals surface area contributed by atoms with Gasteiger partial charge < -0.3 is 20.3 Å². The maximum Gasteiger partial charge on any atom is 0.407 e. The van der Waals surface area contributed by atoms with E-state index in [2.05, 4.69) is 26.6 Å². The number of piperidine rings is 1. The summed E-state index contributed by atoms with van der Waals surface area (Å²) in [6.45, 7) is 4.20. The molecule has 1 saturated heterocycles. The third kappa shape index (κ3) is 6.77. The van der Waals surface area contributed by atoms with Crippen molar-refractivity contribution in [3.8, 4) is 11.3 Å². The van der Waals surface area contributed by atoms with Gasteiger partial charge in [0.25, 0.3) is 0 Å². The van der Waals surface area contributed by atoms with Crippen LogP contribution in [0.2, 0.25) is 0 Å². The first-order chi connectivity index (χ1) is 16.6. The van der Waals surface area contributed by atoms with E-state index in [4.69, 9.17) is 9.72 Å². The van der Waals surface area contributed by atoms with E-state index in [0.29, 0.717) is 12.5 Å². The molecule has 0 bridgehead atoms. The van der Waals surface area contributed by atoms with Crippen molar-refractivity contribution in [1.82, 2.24) is 15.3 Å². The van der Waals surface area contributed by atoms with Gasteiger partial charge in [0.1, 0.15) is 12.4 Å². The molecular formula is C25H29N5O3S. The molecule has 2 aromatic heterocycles. The van der Waals surface area contributed by atoms with Gasteiger partial charge >= 0.3 is 6.09 Å². The molecule has 1 aliphatic heterocycles. The Kier molecular flexibility index (Phi) is 8.08. The number of pyridine rings is 1. The highest BCUT2D eigenvalue weighted by molar-refractivity contribution is 7.07. The number of benzene rings is 1. The molecule has 0 saturated carbocycles. The molecule has 34 heavy (non-hydrogen) atoms. The normalized spacial score (nSPS) is 14.0. The maximum absolute atomic E-state index is 11.8. The van der Waals surface area contributed by atoms with Crippen LogP contribution in [0.4, 0.5) is 16.3 Å². The summed E-state index contributed by atoms with van der Waals surface area (Å²) in [4.78, 5) is 34.3. The number of carbonyl (C=O) groups is 2. The average molecular weight is 480 g/mol. The first kappa shape index (κ1) is 23.7. The Hall–Kier alpha value is -3.46. The summed E-state index contributed by atoms with van der Waals surface area (Å²) < 4.78 is 5.18. The molecule has 0 aliphatic carbocycles. The number of aromatic nitrogens is 2. The summed E-state index contributed by atoms with van der Waals surface area (Å²) in [6, 6.07) is 13.8. The second-order valence-corrected chi connectivity index (χ2v) is 9.06. The van der Waals surface area contributed by atoms with E-state index >= 15 is 0 Å². The smallest absolute Gasteiger partial charge is 0.407 e. The van der Waals surface area contributed by atoms with E-state index in [1.807, 2.05) is 41.8 Å². The van der Waals surface area contributed by atoms with Crippen LogP contribution in [0.5, 0.6) is 0 Å². The molecule has 8 nitrogen and oxygen atoms in total. The number of hydrogen-bond donors (Lipinski definition) is 2. The van der Waals surface area contributed by atoms with Crippen LogP contribution in [-0.2, 0) is 16.1 Å². The standard InChI is InChI=1S/C25H29N5O3S/c1-18(31)28-21-7-5-20(6-8-21)23-3-2-4-24(29-23)30-13-10-19(11-14-30)9-12-26-25(32)33-15-22-16-34-17-27-22/h2-8,16-17,19H,9-15H2,1H3,(H,26,32)(H,28,31). The Balaban J connectivity index is 1.22. The summed E-state index contributed by atoms with van der Waals surface area (Å²) in [5, 5.41) is 7.49. The van der Waals surface area contributed by atoms with E-state index in [0.717, 1.165) is 60.8 Å². The van der Waals surface area contributed by atoms with Gasteiger partial charge in [-0.25, -0.2) is 14.8 Å². The van der Waals surface area contributed by atoms with Gasteiger partial charge in [-0.3, -0.25) is 4.79 Å². The Morgan fingerprint density at radius 1 is 1.15 bits per heavy atom. The second kappa shape index (κ2) is 11.6. The van der Waals surface area contributed by atoms with Gasteiger partial charge in [-0.05, 0) is 49.4 Å². The number of ether oxygens (including phenoxy) is 1. The van der Waals surface area contributed by atoms with Crippen LogP contribution in [0.1, 0.15) is 31.9 Å². The molecule has 1 fully saturated rings. The molecule has 3 heterocycles. The zero-order chi connectivity index (χ0) is 23.8. The van der Waals surface area contributed by atoms with Crippen molar-refractivity contribution in [3.63, 3.8) is 0 Å². The van der Waals surface area contributed by atoms with Crippen molar-refractivity contribution in [2.45, 2.75) is 32.8 Å². The molecule has 4 rings (SSSR count). The fraction of sp³-hybridized carbons (Fsp3) is 0.360. The van der Waals surface area contributed by atoms with Gasteiger partial charge in [-0.2, -0.15) is 0 Å². The summed E-state index contributed by atoms with van der Waals surface area (Å²) in [6.07, 6.45) is 2.67. The summed E-state index contributed by atoms with van der Waals surface area (Å²) in [5.74, 6) is 1.46. The molecule has 3 aromatic rings. The Morgan fingerprint density at radius 2 is 1.94 bits per heavy atom. The van der Waals surface area contributed by atoms with Gasteiger partial charge in [0.05, 0.1) is 16.9 Å². The number of anilines is 2. The molecule has 9 heteroatoms. The highest BCUT2D eigenvalue weighted by Gasteiger charge is 2.20. The number of nitrogens with zero attached hydrogens (tertiary/aromatic N) is 3. The lowest BCUT2D eigenvalue weighted by Crippen LogP contribution is -2.35. The second-order valence-electron chi connectivity index (χ2n) is 8.34. The van der Waals surface area contributed by atoms with Crippen molar-refractivity contribution in [3.05, 3.63) is 59.0 Å². The molecule has 0 radical (unpaired) electrons. The molecule has 0 unspecified atom stereocenters. The predicted molar refractivity (Wildman–Crippen MR) is 134 cm³/mol. The Bertz CT molecular complexity index is 1080. The Labute approximate surface area is 203 Å². The minimum atomic E-state index is -0.392. The van der Waals surface area contributed by atoms with Crippen molar-refractivity contribution in [2.24, 2.45) is 5.92 Å². The van der Waals surface area contributed by atoms with Crippen molar-refractivity contribution in [1.29, 1.82) is 0 Å². The molecular weight excluding hydrogens is 450 g/mol. The van der Waals surface area contributed by atoms with E-state index in [1.54, 1.807) is 5.51 Å². The quantitative estimate of drug-likeness (QED) is 0.486. The van der Waals surface area contributed by atoms with Gasteiger partial charge in [-0.1, -0.05) is 18.2 Å². The van der Waals surface area contributed by atoms with E-state index in [9.17, 15) is 9.59 Å². The number of amides is 2. The highest BCUT2D eigenvalue weighted by atomic mass is 32.1. The molecule has 1 aromatic carbocycles. The van der Waals surface area contributed by atoms with E-state index in [1.165, 1.54) is 18.3 Å². The third-order valence-electron chi connectivity index (χ3n) is 5.83. The topological polar surface area (TPSA) is 96.5 Å². The van der Waals surface area contributed by atoms with Gasteiger partial charge in [0.15, 0.2) is 0 Å². The summed E-state index contributed by atoms with van der Waals surface area (Å²) in [7, 11) is 0. The van der Waals surface area contributed by atoms with Crippen LogP contribution in [-0.4, -0.2) is 41.6 Å². The predicted octanol–water partition coefficient (Wildman–Crippen LogP) is 4.70. The number of alkyl carbamates (subject to hydrolysis) is 1. The van der Waals surface area contributed by atoms with Crippen LogP contribution < -0.4 is 15.5 Å². The first-order valence-corrected chi connectivity index (χ1v) is 12.4. The number of rotatable bonds is 8. The molecule has 2 amide bonds. The largest absolute Gasteiger partial charge is 0.443 e. The van der Waals surface area contributed by atoms with Crippen LogP contribution in [0.25, 0.3) is 11.3 Å². The Morgan fingerprint density at radius 3 is 2.65 bits per heavy atom. The summed E-state index contributed by atoms with van der Waals surface area (Å²) >= 11 is 1.48. The minimum absolute atomic E-state index is 0.0846. The van der Waals surface area contributed by atoms with Crippen LogP contribution >= 0.6 is 11.3 Å². The molecule has 0 spiro atoms. The third-order valence-corrected chi connectivity index (χ3v) is 6.47. The average Bonchev–Trinajstić information content (AvgIpc) is 3.37. The lowest BCUT2D eigenvalue weighted by Gasteiger charge is -2.33. The summed E-state index contributed by atoms with van der Waals surface area (Å²) in [5.41, 5.74) is 5.19. The number of nitrogens with one attached hydrogen (secondary N) is 2. The van der Waals surface area contributed by atoms with Crippen molar-refractivity contribution in [2.75, 3.05) is 29.9 Å². The monoisotopic (exact) mass is 479 g/mol. The number of carbonyl (C=O) groups excluding carboxylic acids is 2. The SMILES string of the molecule is CC(=O)Nc1ccc(-c2cccc(N3CCC(CCNC(=O)OCc4cscn4)CC3)n2)cc1. The first-order valence-electron chi connectivity index (χ1n) is 11.4. The van der Waals surface area contributed by atoms with E-state index < -0.39 is 6.09 Å². The van der Waals surface area contributed by atoms with Crippen LogP contribution in [0.3, 0.4) is 0 Å². The fourth-order valence-corrected chi connectivity index (χ4v) is 4.56. The number of hydrogen-bond acceptors (Lipinski definition) is 7. The van der Waals surface area contributed by atoms with Gasteiger partial charge in [0, 0.05) is 43.2 Å². The fourth-order valence-electron chi connectivity index (χ4n) is 4.02. The molecule has 178 valence electrons. The minimum Gasteiger partial charge on any atom is -0.443 e. The lowest BCUT2D eigenvalue weighted by molar-refractivity contribution is -0.114. The van der Waals surface area contributed by atoms with Crippen LogP contribution in [0.15, 0.2) is 53.4 Å². The number of thiazole rings is 1. The lowest BCUT2D eigenvalue weighted by atomic mass is 9.93. The van der Waals surface area contributed by atoms with Crippen LogP contribution in [0, 0.1) is 5.92 Å². The molecule has 0 atom stereocenters. The molecule has 1 aliphatic rings. The molecule has 2 N–H and O–H groups in total. The van der Waals surface area contributed by atoms with Gasteiger partial charge in [-0.15, -0.1) is 11.3 Å².